The summed E-state index contributed by atoms with van der Waals surface area (Å²) >= 11 is 3.69. The highest BCUT2D eigenvalue weighted by Gasteiger charge is 2.22. The fourth-order valence-electron chi connectivity index (χ4n) is 3.00. The molecule has 0 radical (unpaired) electrons. The van der Waals surface area contributed by atoms with E-state index in [2.05, 4.69) is 33.2 Å². The molecule has 160 valence electrons. The predicted molar refractivity (Wildman–Crippen MR) is 136 cm³/mol. The first-order valence-electron chi connectivity index (χ1n) is 9.81. The van der Waals surface area contributed by atoms with Gasteiger partial charge in [0.15, 0.2) is 5.76 Å². The van der Waals surface area contributed by atoms with Crippen LogP contribution < -0.4 is 10.6 Å². The Balaban J connectivity index is 1.49. The van der Waals surface area contributed by atoms with Gasteiger partial charge in [0.2, 0.25) is 5.91 Å². The Morgan fingerprint density at radius 3 is 2.09 bits per heavy atom. The fourth-order valence-corrected chi connectivity index (χ4v) is 4.38. The van der Waals surface area contributed by atoms with E-state index in [-0.39, 0.29) is 17.6 Å². The van der Waals surface area contributed by atoms with Gasteiger partial charge >= 0.3 is 0 Å². The third-order valence-electron chi connectivity index (χ3n) is 4.56. The van der Waals surface area contributed by atoms with Gasteiger partial charge in [0, 0.05) is 19.8 Å². The minimum atomic E-state index is -0.431. The smallest absolute Gasteiger partial charge is 0.291 e. The van der Waals surface area contributed by atoms with Gasteiger partial charge in [-0.25, -0.2) is 0 Å². The summed E-state index contributed by atoms with van der Waals surface area (Å²) in [5, 5.41) is 5.37. The van der Waals surface area contributed by atoms with Crippen LogP contribution in [0.15, 0.2) is 107 Å². The Morgan fingerprint density at radius 1 is 0.781 bits per heavy atom. The molecule has 1 unspecified atom stereocenters. The Bertz CT molecular complexity index is 1180. The van der Waals surface area contributed by atoms with Crippen LogP contribution >= 0.6 is 34.4 Å². The van der Waals surface area contributed by atoms with E-state index in [4.69, 9.17) is 4.42 Å². The van der Waals surface area contributed by atoms with Crippen molar-refractivity contribution in [3.8, 4) is 0 Å². The van der Waals surface area contributed by atoms with Gasteiger partial charge in [-0.2, -0.15) is 0 Å². The Hall–Kier alpha value is -3.04. The van der Waals surface area contributed by atoms with Gasteiger partial charge < -0.3 is 15.1 Å². The molecule has 0 aliphatic carbocycles. The molecule has 0 saturated heterocycles. The third-order valence-corrected chi connectivity index (χ3v) is 6.55. The van der Waals surface area contributed by atoms with Crippen LogP contribution in [-0.2, 0) is 4.79 Å². The topological polar surface area (TPSA) is 71.3 Å². The fraction of sp³-hybridized carbons (Fsp3) is 0.0400. The highest BCUT2D eigenvalue weighted by molar-refractivity contribution is 14.1. The maximum absolute atomic E-state index is 13.1. The van der Waals surface area contributed by atoms with Crippen LogP contribution in [0.3, 0.4) is 0 Å². The van der Waals surface area contributed by atoms with Crippen LogP contribution in [0.25, 0.3) is 0 Å². The number of thioether (sulfide) groups is 1. The van der Waals surface area contributed by atoms with Gasteiger partial charge in [-0.15, -0.1) is 11.8 Å². The van der Waals surface area contributed by atoms with Crippen LogP contribution in [0.1, 0.15) is 21.4 Å². The SMILES string of the molecule is O=C(Nc1ccc(SC(C(=O)Nc2ccc(I)cc2)c2ccccc2)cc1)c1ccco1. The molecule has 0 fully saturated rings. The molecule has 0 bridgehead atoms. The van der Waals surface area contributed by atoms with Gasteiger partial charge in [-0.1, -0.05) is 30.3 Å². The minimum absolute atomic E-state index is 0.0994. The molecule has 1 atom stereocenters. The van der Waals surface area contributed by atoms with Crippen molar-refractivity contribution in [1.29, 1.82) is 0 Å². The number of carbonyl (C=O) groups is 2. The number of hydrogen-bond donors (Lipinski definition) is 2. The van der Waals surface area contributed by atoms with Crippen molar-refractivity contribution in [2.75, 3.05) is 10.6 Å². The van der Waals surface area contributed by atoms with Gasteiger partial charge in [0.25, 0.3) is 5.91 Å². The summed E-state index contributed by atoms with van der Waals surface area (Å²) in [7, 11) is 0. The maximum atomic E-state index is 13.1. The zero-order chi connectivity index (χ0) is 22.3. The summed E-state index contributed by atoms with van der Waals surface area (Å²) in [4.78, 5) is 26.2. The predicted octanol–water partition coefficient (Wildman–Crippen LogP) is 6.61. The second-order valence-electron chi connectivity index (χ2n) is 6.86. The number of hydrogen-bond acceptors (Lipinski definition) is 4. The van der Waals surface area contributed by atoms with Crippen molar-refractivity contribution in [3.63, 3.8) is 0 Å². The molecule has 2 N–H and O–H groups in total. The van der Waals surface area contributed by atoms with Crippen molar-refractivity contribution >= 4 is 57.5 Å². The zero-order valence-corrected chi connectivity index (χ0v) is 19.8. The Morgan fingerprint density at radius 2 is 1.44 bits per heavy atom. The van der Waals surface area contributed by atoms with Gasteiger partial charge in [0.05, 0.1) is 6.26 Å². The number of amides is 2. The van der Waals surface area contributed by atoms with Gasteiger partial charge in [0.1, 0.15) is 5.25 Å². The van der Waals surface area contributed by atoms with Crippen molar-refractivity contribution in [3.05, 3.63) is 112 Å². The molecule has 1 heterocycles. The summed E-state index contributed by atoms with van der Waals surface area (Å²) in [6, 6.07) is 28.0. The Labute approximate surface area is 203 Å². The van der Waals surface area contributed by atoms with Crippen LogP contribution in [0, 0.1) is 3.57 Å². The molecule has 0 aliphatic rings. The second-order valence-corrected chi connectivity index (χ2v) is 9.28. The van der Waals surface area contributed by atoms with E-state index in [1.54, 1.807) is 12.1 Å². The second kappa shape index (κ2) is 10.5. The van der Waals surface area contributed by atoms with Crippen molar-refractivity contribution in [2.45, 2.75) is 10.1 Å². The van der Waals surface area contributed by atoms with E-state index in [0.29, 0.717) is 5.69 Å². The molecule has 4 rings (SSSR count). The molecule has 7 heteroatoms. The van der Waals surface area contributed by atoms with E-state index >= 15 is 0 Å². The van der Waals surface area contributed by atoms with E-state index in [0.717, 1.165) is 19.7 Å². The quantitative estimate of drug-likeness (QED) is 0.199. The molecule has 0 saturated carbocycles. The van der Waals surface area contributed by atoms with Crippen LogP contribution in [-0.4, -0.2) is 11.8 Å². The first-order valence-corrected chi connectivity index (χ1v) is 11.8. The number of rotatable bonds is 7. The van der Waals surface area contributed by atoms with Crippen molar-refractivity contribution in [2.24, 2.45) is 0 Å². The van der Waals surface area contributed by atoms with Crippen LogP contribution in [0.4, 0.5) is 11.4 Å². The Kier molecular flexibility index (Phi) is 7.28. The molecule has 0 aliphatic heterocycles. The molecule has 1 aromatic heterocycles. The minimum Gasteiger partial charge on any atom is -0.459 e. The molecule has 32 heavy (non-hydrogen) atoms. The molecule has 0 spiro atoms. The zero-order valence-electron chi connectivity index (χ0n) is 16.8. The van der Waals surface area contributed by atoms with Crippen molar-refractivity contribution in [1.82, 2.24) is 0 Å². The van der Waals surface area contributed by atoms with Gasteiger partial charge in [-0.3, -0.25) is 9.59 Å². The first-order chi connectivity index (χ1) is 15.6. The summed E-state index contributed by atoms with van der Waals surface area (Å²) in [6.07, 6.45) is 1.46. The van der Waals surface area contributed by atoms with Crippen molar-refractivity contribution < 1.29 is 14.0 Å². The molecule has 5 nitrogen and oxygen atoms in total. The summed E-state index contributed by atoms with van der Waals surface area (Å²) in [5.41, 5.74) is 2.32. The summed E-state index contributed by atoms with van der Waals surface area (Å²) in [6.45, 7) is 0. The van der Waals surface area contributed by atoms with E-state index < -0.39 is 5.25 Å². The summed E-state index contributed by atoms with van der Waals surface area (Å²) in [5.74, 6) is -0.160. The number of carbonyl (C=O) groups excluding carboxylic acids is 2. The van der Waals surface area contributed by atoms with Crippen LogP contribution in [0.5, 0.6) is 0 Å². The average molecular weight is 554 g/mol. The average Bonchev–Trinajstić information content (AvgIpc) is 3.36. The summed E-state index contributed by atoms with van der Waals surface area (Å²) < 4.78 is 6.22. The monoisotopic (exact) mass is 554 g/mol. The molecule has 4 aromatic rings. The molecule has 3 aromatic carbocycles. The van der Waals surface area contributed by atoms with Crippen LogP contribution in [0.2, 0.25) is 0 Å². The molecule has 2 amide bonds. The number of anilines is 2. The lowest BCUT2D eigenvalue weighted by molar-refractivity contribution is -0.115. The lowest BCUT2D eigenvalue weighted by Gasteiger charge is -2.17. The number of nitrogens with one attached hydrogen (secondary N) is 2. The number of benzene rings is 3. The maximum Gasteiger partial charge on any atom is 0.291 e. The van der Waals surface area contributed by atoms with E-state index in [1.165, 1.54) is 18.0 Å². The van der Waals surface area contributed by atoms with Gasteiger partial charge in [-0.05, 0) is 88.8 Å². The number of furan rings is 1. The largest absolute Gasteiger partial charge is 0.459 e. The normalized spacial score (nSPS) is 11.5. The molecular formula is C25H19IN2O3S. The molecular weight excluding hydrogens is 535 g/mol. The van der Waals surface area contributed by atoms with E-state index in [1.807, 2.05) is 78.9 Å². The lowest BCUT2D eigenvalue weighted by Crippen LogP contribution is -2.19. The number of halogens is 1. The standard InChI is InChI=1S/C25H19IN2O3S/c26-18-8-10-19(11-9-18)28-25(30)23(17-5-2-1-3-6-17)32-21-14-12-20(13-15-21)27-24(29)22-7-4-16-31-22/h1-16,23H,(H,27,29)(H,28,30). The van der Waals surface area contributed by atoms with E-state index in [9.17, 15) is 9.59 Å². The first kappa shape index (κ1) is 22.2. The highest BCUT2D eigenvalue weighted by atomic mass is 127. The lowest BCUT2D eigenvalue weighted by atomic mass is 10.1. The third kappa shape index (κ3) is 5.80. The highest BCUT2D eigenvalue weighted by Crippen LogP contribution is 2.36.